The fourth-order valence-corrected chi connectivity index (χ4v) is 5.08. The van der Waals surface area contributed by atoms with E-state index in [2.05, 4.69) is 51.3 Å². The molecule has 30 heavy (non-hydrogen) atoms. The van der Waals surface area contributed by atoms with Gasteiger partial charge in [-0.05, 0) is 62.4 Å². The number of nitrogens with one attached hydrogen (secondary N) is 1. The Labute approximate surface area is 183 Å². The van der Waals surface area contributed by atoms with E-state index in [1.807, 2.05) is 18.2 Å². The van der Waals surface area contributed by atoms with Crippen LogP contribution in [0.15, 0.2) is 54.6 Å². The lowest BCUT2D eigenvalue weighted by Gasteiger charge is -2.35. The standard InChI is InChI=1S/C25H29ClN4/c26-20-11-8-12-21(17-20)30-25-22(13-4-6-15-27-25)24(28-30)23-14-5-7-16-29(23)18-19-9-2-1-3-10-19/h1-3,8-12,17,23,27H,4-7,13-16,18H2. The molecule has 0 saturated carbocycles. The van der Waals surface area contributed by atoms with E-state index in [1.165, 1.54) is 48.9 Å². The lowest BCUT2D eigenvalue weighted by Crippen LogP contribution is -2.33. The second-order valence-electron chi connectivity index (χ2n) is 8.46. The number of benzene rings is 2. The largest absolute Gasteiger partial charge is 0.370 e. The van der Waals surface area contributed by atoms with Gasteiger partial charge in [-0.1, -0.05) is 54.4 Å². The van der Waals surface area contributed by atoms with Crippen molar-refractivity contribution in [3.05, 3.63) is 76.4 Å². The van der Waals surface area contributed by atoms with Gasteiger partial charge in [0.2, 0.25) is 0 Å². The minimum Gasteiger partial charge on any atom is -0.370 e. The number of aromatic nitrogens is 2. The van der Waals surface area contributed by atoms with Gasteiger partial charge in [-0.3, -0.25) is 4.90 Å². The molecule has 1 atom stereocenters. The molecule has 1 aromatic heterocycles. The topological polar surface area (TPSA) is 33.1 Å². The van der Waals surface area contributed by atoms with Crippen molar-refractivity contribution in [1.82, 2.24) is 14.7 Å². The molecule has 5 rings (SSSR count). The Balaban J connectivity index is 1.55. The number of hydrogen-bond acceptors (Lipinski definition) is 3. The Morgan fingerprint density at radius 2 is 1.90 bits per heavy atom. The van der Waals surface area contributed by atoms with Crippen molar-refractivity contribution < 1.29 is 0 Å². The molecule has 0 amide bonds. The summed E-state index contributed by atoms with van der Waals surface area (Å²) in [6.07, 6.45) is 7.20. The van der Waals surface area contributed by atoms with Crippen molar-refractivity contribution in [3.8, 4) is 5.69 Å². The lowest BCUT2D eigenvalue weighted by molar-refractivity contribution is 0.136. The van der Waals surface area contributed by atoms with Crippen LogP contribution in [-0.2, 0) is 13.0 Å². The van der Waals surface area contributed by atoms with Gasteiger partial charge in [0.25, 0.3) is 0 Å². The summed E-state index contributed by atoms with van der Waals surface area (Å²) in [5.74, 6) is 1.16. The SMILES string of the molecule is Clc1cccc(-n2nc(C3CCCCN3Cc3ccccc3)c3c2NCCCC3)c1. The minimum atomic E-state index is 0.369. The van der Waals surface area contributed by atoms with Crippen LogP contribution in [0, 0.1) is 0 Å². The van der Waals surface area contributed by atoms with Crippen molar-refractivity contribution in [2.75, 3.05) is 18.4 Å². The van der Waals surface area contributed by atoms with Crippen LogP contribution in [0.25, 0.3) is 5.69 Å². The molecule has 1 unspecified atom stereocenters. The highest BCUT2D eigenvalue weighted by atomic mass is 35.5. The molecule has 2 aromatic carbocycles. The van der Waals surface area contributed by atoms with Crippen LogP contribution >= 0.6 is 11.6 Å². The number of rotatable bonds is 4. The molecule has 2 aliphatic rings. The predicted octanol–water partition coefficient (Wildman–Crippen LogP) is 6.00. The Bertz CT molecular complexity index is 998. The summed E-state index contributed by atoms with van der Waals surface area (Å²) in [5, 5.41) is 9.63. The zero-order valence-corrected chi connectivity index (χ0v) is 18.1. The second-order valence-corrected chi connectivity index (χ2v) is 8.89. The van der Waals surface area contributed by atoms with Crippen molar-refractivity contribution in [2.45, 2.75) is 51.1 Å². The van der Waals surface area contributed by atoms with Crippen LogP contribution in [0.2, 0.25) is 5.02 Å². The van der Waals surface area contributed by atoms with Crippen LogP contribution in [0.4, 0.5) is 5.82 Å². The first kappa shape index (κ1) is 19.7. The molecule has 0 aliphatic carbocycles. The molecule has 1 fully saturated rings. The monoisotopic (exact) mass is 420 g/mol. The molecule has 1 N–H and O–H groups in total. The van der Waals surface area contributed by atoms with Gasteiger partial charge in [-0.25, -0.2) is 4.68 Å². The summed E-state index contributed by atoms with van der Waals surface area (Å²) in [7, 11) is 0. The van der Waals surface area contributed by atoms with Gasteiger partial charge in [0, 0.05) is 23.7 Å². The van der Waals surface area contributed by atoms with E-state index >= 15 is 0 Å². The normalized spacial score (nSPS) is 19.7. The van der Waals surface area contributed by atoms with Crippen molar-refractivity contribution in [3.63, 3.8) is 0 Å². The summed E-state index contributed by atoms with van der Waals surface area (Å²) in [6, 6.07) is 19.2. The summed E-state index contributed by atoms with van der Waals surface area (Å²) < 4.78 is 2.09. The van der Waals surface area contributed by atoms with E-state index in [4.69, 9.17) is 16.7 Å². The van der Waals surface area contributed by atoms with Gasteiger partial charge >= 0.3 is 0 Å². The Morgan fingerprint density at radius 1 is 1.00 bits per heavy atom. The molecule has 4 nitrogen and oxygen atoms in total. The molecule has 2 aliphatic heterocycles. The maximum Gasteiger partial charge on any atom is 0.133 e. The predicted molar refractivity (Wildman–Crippen MR) is 123 cm³/mol. The summed E-state index contributed by atoms with van der Waals surface area (Å²) in [4.78, 5) is 2.63. The molecule has 0 bridgehead atoms. The van der Waals surface area contributed by atoms with Crippen LogP contribution in [-0.4, -0.2) is 27.8 Å². The molecule has 1 saturated heterocycles. The lowest BCUT2D eigenvalue weighted by atomic mass is 9.94. The van der Waals surface area contributed by atoms with E-state index in [0.29, 0.717) is 6.04 Å². The van der Waals surface area contributed by atoms with E-state index in [9.17, 15) is 0 Å². The van der Waals surface area contributed by atoms with Gasteiger partial charge in [0.15, 0.2) is 0 Å². The van der Waals surface area contributed by atoms with Crippen LogP contribution in [0.1, 0.15) is 55.0 Å². The number of piperidine rings is 1. The van der Waals surface area contributed by atoms with Crippen molar-refractivity contribution >= 4 is 17.4 Å². The molecular formula is C25H29ClN4. The molecule has 3 heterocycles. The first-order valence-electron chi connectivity index (χ1n) is 11.2. The Morgan fingerprint density at radius 3 is 2.77 bits per heavy atom. The minimum absolute atomic E-state index is 0.369. The highest BCUT2D eigenvalue weighted by molar-refractivity contribution is 6.30. The summed E-state index contributed by atoms with van der Waals surface area (Å²) >= 11 is 6.31. The number of hydrogen-bond donors (Lipinski definition) is 1. The third-order valence-corrected chi connectivity index (χ3v) is 6.61. The fourth-order valence-electron chi connectivity index (χ4n) is 4.90. The highest BCUT2D eigenvalue weighted by Crippen LogP contribution is 2.38. The highest BCUT2D eigenvalue weighted by Gasteiger charge is 2.31. The van der Waals surface area contributed by atoms with Crippen LogP contribution in [0.3, 0.4) is 0 Å². The van der Waals surface area contributed by atoms with E-state index < -0.39 is 0 Å². The van der Waals surface area contributed by atoms with Gasteiger partial charge in [-0.2, -0.15) is 5.10 Å². The summed E-state index contributed by atoms with van der Waals surface area (Å²) in [5.41, 5.74) is 5.07. The first-order valence-corrected chi connectivity index (χ1v) is 11.6. The van der Waals surface area contributed by atoms with Gasteiger partial charge < -0.3 is 5.32 Å². The van der Waals surface area contributed by atoms with Gasteiger partial charge in [-0.15, -0.1) is 0 Å². The third kappa shape index (κ3) is 3.99. The number of nitrogens with zero attached hydrogens (tertiary/aromatic N) is 3. The first-order chi connectivity index (χ1) is 14.8. The molecule has 3 aromatic rings. The number of anilines is 1. The maximum atomic E-state index is 6.31. The number of likely N-dealkylation sites (tertiary alicyclic amines) is 1. The van der Waals surface area contributed by atoms with E-state index in [-0.39, 0.29) is 0 Å². The zero-order chi connectivity index (χ0) is 20.3. The van der Waals surface area contributed by atoms with Gasteiger partial charge in [0.1, 0.15) is 5.82 Å². The third-order valence-electron chi connectivity index (χ3n) is 6.37. The van der Waals surface area contributed by atoms with E-state index in [0.717, 1.165) is 42.6 Å². The zero-order valence-electron chi connectivity index (χ0n) is 17.4. The molecular weight excluding hydrogens is 392 g/mol. The number of fused-ring (bicyclic) bond motifs is 1. The van der Waals surface area contributed by atoms with E-state index in [1.54, 1.807) is 0 Å². The van der Waals surface area contributed by atoms with Gasteiger partial charge in [0.05, 0.1) is 17.4 Å². The van der Waals surface area contributed by atoms with Crippen molar-refractivity contribution in [1.29, 1.82) is 0 Å². The Kier molecular flexibility index (Phi) is 5.78. The Hall–Kier alpha value is -2.30. The molecule has 156 valence electrons. The van der Waals surface area contributed by atoms with Crippen molar-refractivity contribution in [2.24, 2.45) is 0 Å². The van der Waals surface area contributed by atoms with Crippen LogP contribution < -0.4 is 5.32 Å². The average molecular weight is 421 g/mol. The molecule has 0 radical (unpaired) electrons. The molecule has 0 spiro atoms. The maximum absolute atomic E-state index is 6.31. The summed E-state index contributed by atoms with van der Waals surface area (Å²) in [6.45, 7) is 3.11. The fraction of sp³-hybridized carbons (Fsp3) is 0.400. The second kappa shape index (κ2) is 8.83. The number of halogens is 1. The average Bonchev–Trinajstić information content (AvgIpc) is 2.96. The molecule has 5 heteroatoms. The quantitative estimate of drug-likeness (QED) is 0.561. The van der Waals surface area contributed by atoms with Crippen LogP contribution in [0.5, 0.6) is 0 Å². The smallest absolute Gasteiger partial charge is 0.133 e.